The van der Waals surface area contributed by atoms with Gasteiger partial charge in [0.05, 0.1) is 6.10 Å². The SMILES string of the molecule is C=CC(O)Cc1cc(C)cc(C)c1. The van der Waals surface area contributed by atoms with Crippen LogP contribution in [0.5, 0.6) is 0 Å². The van der Waals surface area contributed by atoms with E-state index in [0.717, 1.165) is 0 Å². The van der Waals surface area contributed by atoms with E-state index >= 15 is 0 Å². The maximum atomic E-state index is 9.38. The summed E-state index contributed by atoms with van der Waals surface area (Å²) in [4.78, 5) is 0. The Morgan fingerprint density at radius 1 is 1.31 bits per heavy atom. The zero-order chi connectivity index (χ0) is 9.84. The van der Waals surface area contributed by atoms with Gasteiger partial charge < -0.3 is 5.11 Å². The van der Waals surface area contributed by atoms with Crippen molar-refractivity contribution < 1.29 is 5.11 Å². The van der Waals surface area contributed by atoms with Crippen molar-refractivity contribution in [2.75, 3.05) is 0 Å². The summed E-state index contributed by atoms with van der Waals surface area (Å²) >= 11 is 0. The fourth-order valence-corrected chi connectivity index (χ4v) is 1.51. The van der Waals surface area contributed by atoms with Gasteiger partial charge in [0.25, 0.3) is 0 Å². The second-order valence-electron chi connectivity index (χ2n) is 3.50. The molecule has 0 radical (unpaired) electrons. The molecule has 0 aliphatic heterocycles. The van der Waals surface area contributed by atoms with Gasteiger partial charge in [0, 0.05) is 6.42 Å². The molecule has 70 valence electrons. The van der Waals surface area contributed by atoms with Crippen LogP contribution in [0, 0.1) is 13.8 Å². The lowest BCUT2D eigenvalue weighted by atomic mass is 10.0. The molecule has 0 amide bonds. The van der Waals surface area contributed by atoms with Crippen LogP contribution in [0.15, 0.2) is 30.9 Å². The molecule has 13 heavy (non-hydrogen) atoms. The first kappa shape index (κ1) is 10.0. The second kappa shape index (κ2) is 4.24. The molecule has 0 saturated heterocycles. The molecular weight excluding hydrogens is 160 g/mol. The van der Waals surface area contributed by atoms with Gasteiger partial charge in [0.15, 0.2) is 0 Å². The highest BCUT2D eigenvalue weighted by Crippen LogP contribution is 2.11. The quantitative estimate of drug-likeness (QED) is 0.701. The molecular formula is C12H16O. The van der Waals surface area contributed by atoms with Gasteiger partial charge >= 0.3 is 0 Å². The van der Waals surface area contributed by atoms with E-state index in [4.69, 9.17) is 0 Å². The lowest BCUT2D eigenvalue weighted by molar-refractivity contribution is 0.224. The first-order valence-electron chi connectivity index (χ1n) is 4.49. The molecule has 0 aliphatic carbocycles. The Bertz CT molecular complexity index is 282. The van der Waals surface area contributed by atoms with E-state index in [2.05, 4.69) is 38.6 Å². The molecule has 1 unspecified atom stereocenters. The average Bonchev–Trinajstić information content (AvgIpc) is 2.02. The van der Waals surface area contributed by atoms with Gasteiger partial charge in [-0.15, -0.1) is 6.58 Å². The molecule has 1 nitrogen and oxygen atoms in total. The minimum Gasteiger partial charge on any atom is -0.389 e. The van der Waals surface area contributed by atoms with Gasteiger partial charge in [0.1, 0.15) is 0 Å². The van der Waals surface area contributed by atoms with Crippen LogP contribution < -0.4 is 0 Å². The van der Waals surface area contributed by atoms with Crippen molar-refractivity contribution in [2.45, 2.75) is 26.4 Å². The van der Waals surface area contributed by atoms with E-state index in [1.807, 2.05) is 0 Å². The number of rotatable bonds is 3. The smallest absolute Gasteiger partial charge is 0.0758 e. The summed E-state index contributed by atoms with van der Waals surface area (Å²) in [5.41, 5.74) is 3.66. The molecule has 1 N–H and O–H groups in total. The second-order valence-corrected chi connectivity index (χ2v) is 3.50. The lowest BCUT2D eigenvalue weighted by Gasteiger charge is -2.07. The standard InChI is InChI=1S/C12H16O/c1-4-12(13)8-11-6-9(2)5-10(3)7-11/h4-7,12-13H,1,8H2,2-3H3. The molecule has 1 atom stereocenters. The van der Waals surface area contributed by atoms with Crippen LogP contribution in [0.1, 0.15) is 16.7 Å². The summed E-state index contributed by atoms with van der Waals surface area (Å²) in [6.07, 6.45) is 1.80. The molecule has 0 aliphatic rings. The Kier molecular flexibility index (Phi) is 3.26. The normalized spacial score (nSPS) is 12.5. The third-order valence-electron chi connectivity index (χ3n) is 2.00. The maximum absolute atomic E-state index is 9.38. The number of benzene rings is 1. The molecule has 0 bridgehead atoms. The van der Waals surface area contributed by atoms with Crippen molar-refractivity contribution in [3.8, 4) is 0 Å². The van der Waals surface area contributed by atoms with Gasteiger partial charge in [-0.05, 0) is 19.4 Å². The van der Waals surface area contributed by atoms with Crippen LogP contribution in [-0.4, -0.2) is 11.2 Å². The molecule has 1 rings (SSSR count). The van der Waals surface area contributed by atoms with Gasteiger partial charge in [-0.3, -0.25) is 0 Å². The van der Waals surface area contributed by atoms with Gasteiger partial charge in [0.2, 0.25) is 0 Å². The van der Waals surface area contributed by atoms with Crippen molar-refractivity contribution in [1.82, 2.24) is 0 Å². The molecule has 1 aromatic carbocycles. The number of hydrogen-bond donors (Lipinski definition) is 1. The monoisotopic (exact) mass is 176 g/mol. The predicted molar refractivity (Wildman–Crippen MR) is 55.8 cm³/mol. The van der Waals surface area contributed by atoms with E-state index in [1.54, 1.807) is 6.08 Å². The number of hydrogen-bond acceptors (Lipinski definition) is 1. The highest BCUT2D eigenvalue weighted by atomic mass is 16.3. The summed E-state index contributed by atoms with van der Waals surface area (Å²) < 4.78 is 0. The number of aryl methyl sites for hydroxylation is 2. The molecule has 1 aromatic rings. The van der Waals surface area contributed by atoms with Gasteiger partial charge in [-0.2, -0.15) is 0 Å². The fourth-order valence-electron chi connectivity index (χ4n) is 1.51. The molecule has 0 heterocycles. The third kappa shape index (κ3) is 3.03. The molecule has 0 aromatic heterocycles. The summed E-state index contributed by atoms with van der Waals surface area (Å²) in [6, 6.07) is 6.32. The van der Waals surface area contributed by atoms with Crippen molar-refractivity contribution >= 4 is 0 Å². The van der Waals surface area contributed by atoms with Crippen LogP contribution in [0.2, 0.25) is 0 Å². The Labute approximate surface area is 79.7 Å². The van der Waals surface area contributed by atoms with Gasteiger partial charge in [-0.1, -0.05) is 35.4 Å². The highest BCUT2D eigenvalue weighted by molar-refractivity contribution is 5.29. The highest BCUT2D eigenvalue weighted by Gasteiger charge is 2.01. The van der Waals surface area contributed by atoms with Crippen molar-refractivity contribution in [3.63, 3.8) is 0 Å². The predicted octanol–water partition coefficient (Wildman–Crippen LogP) is 2.39. The average molecular weight is 176 g/mol. The lowest BCUT2D eigenvalue weighted by Crippen LogP contribution is -2.06. The van der Waals surface area contributed by atoms with Crippen molar-refractivity contribution in [1.29, 1.82) is 0 Å². The third-order valence-corrected chi connectivity index (χ3v) is 2.00. The first-order chi connectivity index (χ1) is 6.11. The zero-order valence-electron chi connectivity index (χ0n) is 8.25. The van der Waals surface area contributed by atoms with E-state index in [9.17, 15) is 5.11 Å². The molecule has 0 fully saturated rings. The van der Waals surface area contributed by atoms with Crippen LogP contribution in [-0.2, 0) is 6.42 Å². The van der Waals surface area contributed by atoms with E-state index in [0.29, 0.717) is 6.42 Å². The fraction of sp³-hybridized carbons (Fsp3) is 0.333. The summed E-state index contributed by atoms with van der Waals surface area (Å²) in [5.74, 6) is 0. The van der Waals surface area contributed by atoms with E-state index in [1.165, 1.54) is 16.7 Å². The molecule has 0 saturated carbocycles. The number of aliphatic hydroxyl groups excluding tert-OH is 1. The minimum absolute atomic E-state index is 0.429. The van der Waals surface area contributed by atoms with E-state index in [-0.39, 0.29) is 0 Å². The molecule has 0 spiro atoms. The van der Waals surface area contributed by atoms with Crippen molar-refractivity contribution in [3.05, 3.63) is 47.5 Å². The van der Waals surface area contributed by atoms with Crippen LogP contribution in [0.4, 0.5) is 0 Å². The summed E-state index contributed by atoms with van der Waals surface area (Å²) in [7, 11) is 0. The maximum Gasteiger partial charge on any atom is 0.0758 e. The zero-order valence-corrected chi connectivity index (χ0v) is 8.25. The first-order valence-corrected chi connectivity index (χ1v) is 4.49. The van der Waals surface area contributed by atoms with E-state index < -0.39 is 6.10 Å². The Morgan fingerprint density at radius 2 is 1.85 bits per heavy atom. The molecule has 1 heteroatoms. The van der Waals surface area contributed by atoms with Crippen LogP contribution >= 0.6 is 0 Å². The summed E-state index contributed by atoms with van der Waals surface area (Å²) in [6.45, 7) is 7.68. The topological polar surface area (TPSA) is 20.2 Å². The van der Waals surface area contributed by atoms with Crippen LogP contribution in [0.3, 0.4) is 0 Å². The summed E-state index contributed by atoms with van der Waals surface area (Å²) in [5, 5.41) is 9.38. The largest absolute Gasteiger partial charge is 0.389 e. The van der Waals surface area contributed by atoms with Crippen molar-refractivity contribution in [2.24, 2.45) is 0 Å². The van der Waals surface area contributed by atoms with Crippen LogP contribution in [0.25, 0.3) is 0 Å². The number of aliphatic hydroxyl groups is 1. The minimum atomic E-state index is -0.429. The van der Waals surface area contributed by atoms with Gasteiger partial charge in [-0.25, -0.2) is 0 Å². The Balaban J connectivity index is 2.82. The Hall–Kier alpha value is -1.08. The Morgan fingerprint density at radius 3 is 2.31 bits per heavy atom.